The standard InChI is InChI=1S/C18H22N2OS/c1-13-16(22-14(2)19-13)17(21)20-11-7-10-18(3,12-20)15-8-5-4-6-9-15/h4-6,8-9H,7,10-12H2,1-3H3/t18-/m0/s1. The van der Waals surface area contributed by atoms with Crippen molar-refractivity contribution >= 4 is 17.2 Å². The van der Waals surface area contributed by atoms with E-state index in [1.165, 1.54) is 16.9 Å². The first-order valence-corrected chi connectivity index (χ1v) is 8.60. The van der Waals surface area contributed by atoms with Crippen LogP contribution in [0.5, 0.6) is 0 Å². The lowest BCUT2D eigenvalue weighted by Crippen LogP contribution is -2.47. The van der Waals surface area contributed by atoms with E-state index >= 15 is 0 Å². The van der Waals surface area contributed by atoms with Gasteiger partial charge in [0.05, 0.1) is 10.7 Å². The number of aromatic nitrogens is 1. The molecule has 0 aliphatic carbocycles. The highest BCUT2D eigenvalue weighted by atomic mass is 32.1. The number of thiazole rings is 1. The van der Waals surface area contributed by atoms with Crippen molar-refractivity contribution < 1.29 is 4.79 Å². The predicted octanol–water partition coefficient (Wildman–Crippen LogP) is 3.95. The van der Waals surface area contributed by atoms with Crippen molar-refractivity contribution in [2.75, 3.05) is 13.1 Å². The van der Waals surface area contributed by atoms with E-state index in [2.05, 4.69) is 36.2 Å². The molecule has 22 heavy (non-hydrogen) atoms. The summed E-state index contributed by atoms with van der Waals surface area (Å²) in [6, 6.07) is 10.6. The van der Waals surface area contributed by atoms with Crippen LogP contribution in [0.3, 0.4) is 0 Å². The van der Waals surface area contributed by atoms with Gasteiger partial charge in [-0.05, 0) is 32.3 Å². The minimum atomic E-state index is 0.0445. The van der Waals surface area contributed by atoms with Gasteiger partial charge in [0.15, 0.2) is 0 Å². The zero-order chi connectivity index (χ0) is 15.7. The minimum Gasteiger partial charge on any atom is -0.337 e. The summed E-state index contributed by atoms with van der Waals surface area (Å²) in [5, 5.41) is 0.962. The fraction of sp³-hybridized carbons (Fsp3) is 0.444. The summed E-state index contributed by atoms with van der Waals surface area (Å²) < 4.78 is 0. The number of nitrogens with zero attached hydrogens (tertiary/aromatic N) is 2. The van der Waals surface area contributed by atoms with Crippen LogP contribution in [0, 0.1) is 13.8 Å². The maximum absolute atomic E-state index is 12.8. The van der Waals surface area contributed by atoms with E-state index < -0.39 is 0 Å². The topological polar surface area (TPSA) is 33.2 Å². The fourth-order valence-electron chi connectivity index (χ4n) is 3.36. The van der Waals surface area contributed by atoms with Gasteiger partial charge in [0, 0.05) is 18.5 Å². The van der Waals surface area contributed by atoms with Gasteiger partial charge in [0.2, 0.25) is 0 Å². The van der Waals surface area contributed by atoms with Gasteiger partial charge in [-0.25, -0.2) is 4.98 Å². The number of likely N-dealkylation sites (tertiary alicyclic amines) is 1. The highest BCUT2D eigenvalue weighted by Crippen LogP contribution is 2.34. The van der Waals surface area contributed by atoms with Gasteiger partial charge < -0.3 is 4.90 Å². The van der Waals surface area contributed by atoms with Crippen LogP contribution in [0.1, 0.15) is 45.7 Å². The Balaban J connectivity index is 1.84. The lowest BCUT2D eigenvalue weighted by molar-refractivity contribution is 0.0655. The number of hydrogen-bond donors (Lipinski definition) is 0. The van der Waals surface area contributed by atoms with E-state index in [-0.39, 0.29) is 11.3 Å². The molecule has 2 aromatic rings. The minimum absolute atomic E-state index is 0.0445. The van der Waals surface area contributed by atoms with Crippen molar-refractivity contribution in [2.45, 2.75) is 39.0 Å². The Kier molecular flexibility index (Phi) is 4.04. The second kappa shape index (κ2) is 5.84. The Morgan fingerprint density at radius 2 is 2.00 bits per heavy atom. The normalized spacial score (nSPS) is 21.9. The molecule has 3 rings (SSSR count). The Bertz CT molecular complexity index is 680. The molecule has 1 amide bonds. The monoisotopic (exact) mass is 314 g/mol. The predicted molar refractivity (Wildman–Crippen MR) is 90.5 cm³/mol. The third kappa shape index (κ3) is 2.80. The summed E-state index contributed by atoms with van der Waals surface area (Å²) in [6.45, 7) is 7.78. The van der Waals surface area contributed by atoms with E-state index in [4.69, 9.17) is 0 Å². The van der Waals surface area contributed by atoms with Crippen molar-refractivity contribution in [1.82, 2.24) is 9.88 Å². The lowest BCUT2D eigenvalue weighted by atomic mass is 9.76. The quantitative estimate of drug-likeness (QED) is 0.841. The molecule has 1 aromatic heterocycles. The van der Waals surface area contributed by atoms with Crippen molar-refractivity contribution in [3.8, 4) is 0 Å². The number of carbonyl (C=O) groups excluding carboxylic acids is 1. The molecule has 1 fully saturated rings. The van der Waals surface area contributed by atoms with Gasteiger partial charge in [0.1, 0.15) is 4.88 Å². The lowest BCUT2D eigenvalue weighted by Gasteiger charge is -2.41. The smallest absolute Gasteiger partial charge is 0.265 e. The van der Waals surface area contributed by atoms with E-state index in [9.17, 15) is 4.79 Å². The molecule has 0 N–H and O–H groups in total. The van der Waals surface area contributed by atoms with Crippen molar-refractivity contribution in [3.05, 3.63) is 51.5 Å². The summed E-state index contributed by atoms with van der Waals surface area (Å²) in [5.74, 6) is 0.143. The molecule has 116 valence electrons. The van der Waals surface area contributed by atoms with Gasteiger partial charge in [-0.1, -0.05) is 37.3 Å². The number of rotatable bonds is 2. The number of piperidine rings is 1. The van der Waals surface area contributed by atoms with Gasteiger partial charge in [-0.3, -0.25) is 4.79 Å². The molecular weight excluding hydrogens is 292 g/mol. The Hall–Kier alpha value is -1.68. The summed E-state index contributed by atoms with van der Waals surface area (Å²) in [5.41, 5.74) is 2.23. The van der Waals surface area contributed by atoms with E-state index in [0.717, 1.165) is 41.5 Å². The van der Waals surface area contributed by atoms with E-state index in [1.807, 2.05) is 24.8 Å². The van der Waals surface area contributed by atoms with Gasteiger partial charge in [-0.15, -0.1) is 11.3 Å². The molecule has 1 saturated heterocycles. The van der Waals surface area contributed by atoms with Crippen LogP contribution in [-0.4, -0.2) is 28.9 Å². The fourth-order valence-corrected chi connectivity index (χ4v) is 4.25. The Morgan fingerprint density at radius 3 is 2.64 bits per heavy atom. The maximum Gasteiger partial charge on any atom is 0.265 e. The SMILES string of the molecule is Cc1nc(C)c(C(=O)N2CCC[C@](C)(c3ccccc3)C2)s1. The summed E-state index contributed by atoms with van der Waals surface area (Å²) in [6.07, 6.45) is 2.18. The number of carbonyl (C=O) groups is 1. The zero-order valence-electron chi connectivity index (χ0n) is 13.4. The Morgan fingerprint density at radius 1 is 1.27 bits per heavy atom. The molecule has 1 aliphatic rings. The average molecular weight is 314 g/mol. The molecule has 0 unspecified atom stereocenters. The van der Waals surface area contributed by atoms with Crippen LogP contribution in [0.25, 0.3) is 0 Å². The van der Waals surface area contributed by atoms with Crippen molar-refractivity contribution in [3.63, 3.8) is 0 Å². The van der Waals surface area contributed by atoms with Crippen LogP contribution in [0.15, 0.2) is 30.3 Å². The van der Waals surface area contributed by atoms with E-state index in [0.29, 0.717) is 0 Å². The molecule has 0 radical (unpaired) electrons. The van der Waals surface area contributed by atoms with Gasteiger partial charge in [-0.2, -0.15) is 0 Å². The van der Waals surface area contributed by atoms with Crippen molar-refractivity contribution in [2.24, 2.45) is 0 Å². The molecule has 0 bridgehead atoms. The van der Waals surface area contributed by atoms with Crippen molar-refractivity contribution in [1.29, 1.82) is 0 Å². The molecule has 1 atom stereocenters. The first kappa shape index (κ1) is 15.2. The largest absolute Gasteiger partial charge is 0.337 e. The third-order valence-corrected chi connectivity index (χ3v) is 5.61. The number of benzene rings is 1. The summed E-state index contributed by atoms with van der Waals surface area (Å²) >= 11 is 1.51. The highest BCUT2D eigenvalue weighted by Gasteiger charge is 2.35. The zero-order valence-corrected chi connectivity index (χ0v) is 14.2. The van der Waals surface area contributed by atoms with Gasteiger partial charge >= 0.3 is 0 Å². The molecular formula is C18H22N2OS. The first-order valence-electron chi connectivity index (χ1n) is 7.78. The summed E-state index contributed by atoms with van der Waals surface area (Å²) in [7, 11) is 0. The number of amides is 1. The van der Waals surface area contributed by atoms with Crippen LogP contribution < -0.4 is 0 Å². The number of aryl methyl sites for hydroxylation is 2. The third-order valence-electron chi connectivity index (χ3n) is 4.55. The first-order chi connectivity index (χ1) is 10.5. The maximum atomic E-state index is 12.8. The molecule has 2 heterocycles. The molecule has 1 aliphatic heterocycles. The average Bonchev–Trinajstić information content (AvgIpc) is 2.86. The highest BCUT2D eigenvalue weighted by molar-refractivity contribution is 7.13. The van der Waals surface area contributed by atoms with Gasteiger partial charge in [0.25, 0.3) is 5.91 Å². The molecule has 3 nitrogen and oxygen atoms in total. The molecule has 0 saturated carbocycles. The second-order valence-electron chi connectivity index (χ2n) is 6.40. The Labute approximate surface area is 136 Å². The molecule has 4 heteroatoms. The van der Waals surface area contributed by atoms with Crippen LogP contribution in [-0.2, 0) is 5.41 Å². The van der Waals surface area contributed by atoms with Crippen LogP contribution in [0.4, 0.5) is 0 Å². The van der Waals surface area contributed by atoms with Crippen LogP contribution >= 0.6 is 11.3 Å². The number of hydrogen-bond acceptors (Lipinski definition) is 3. The molecule has 0 spiro atoms. The molecule has 1 aromatic carbocycles. The second-order valence-corrected chi connectivity index (χ2v) is 7.61. The van der Waals surface area contributed by atoms with Crippen LogP contribution in [0.2, 0.25) is 0 Å². The summed E-state index contributed by atoms with van der Waals surface area (Å²) in [4.78, 5) is 20.1. The van der Waals surface area contributed by atoms with E-state index in [1.54, 1.807) is 0 Å².